The quantitative estimate of drug-likeness (QED) is 0.0624. The highest BCUT2D eigenvalue weighted by Crippen LogP contribution is 2.19. The predicted octanol–water partition coefficient (Wildman–Crippen LogP) is 12.9. The van der Waals surface area contributed by atoms with Crippen LogP contribution in [0.4, 0.5) is 0 Å². The molecule has 0 aromatic heterocycles. The van der Waals surface area contributed by atoms with Crippen molar-refractivity contribution in [1.29, 1.82) is 10.5 Å². The number of ether oxygens (including phenoxy) is 1. The van der Waals surface area contributed by atoms with Gasteiger partial charge >= 0.3 is 0 Å². The molecule has 0 aliphatic carbocycles. The molecule has 53 heavy (non-hydrogen) atoms. The fourth-order valence-electron chi connectivity index (χ4n) is 7.41. The van der Waals surface area contributed by atoms with E-state index < -0.39 is 5.91 Å². The number of nitrogens with zero attached hydrogens (tertiary/aromatic N) is 3. The van der Waals surface area contributed by atoms with Crippen LogP contribution in [0.15, 0.2) is 0 Å². The van der Waals surface area contributed by atoms with Gasteiger partial charge in [-0.25, -0.2) is 0 Å². The molecule has 0 aliphatic heterocycles. The highest BCUT2D eigenvalue weighted by Gasteiger charge is 2.23. The standard InChI is InChI=1S/C46H86N4O3/c1-3-5-7-9-11-13-15-17-19-21-23-25-27-29-31-33-35-43(37-47)39-50(46(52)42-53-41-45(49)51)40-44(38-48)36-34-32-30-28-26-24-22-20-18-16-14-12-10-8-6-4-2/h43-44H,3-36,39-42H2,1-2H3,(H2,49,51). The molecule has 2 N–H and O–H groups in total. The number of nitrogens with two attached hydrogens (primary N) is 1. The van der Waals surface area contributed by atoms with E-state index in [0.29, 0.717) is 13.1 Å². The summed E-state index contributed by atoms with van der Waals surface area (Å²) in [6.07, 6.45) is 43.4. The maximum absolute atomic E-state index is 13.1. The van der Waals surface area contributed by atoms with Gasteiger partial charge in [-0.05, 0) is 12.8 Å². The lowest BCUT2D eigenvalue weighted by atomic mass is 9.98. The van der Waals surface area contributed by atoms with Crippen molar-refractivity contribution in [3.8, 4) is 12.1 Å². The molecule has 0 rings (SSSR count). The summed E-state index contributed by atoms with van der Waals surface area (Å²) in [6.45, 7) is 4.56. The van der Waals surface area contributed by atoms with Gasteiger partial charge < -0.3 is 15.4 Å². The van der Waals surface area contributed by atoms with Gasteiger partial charge in [0.05, 0.1) is 24.0 Å². The van der Waals surface area contributed by atoms with Crippen molar-refractivity contribution in [2.75, 3.05) is 26.3 Å². The summed E-state index contributed by atoms with van der Waals surface area (Å²) in [5.74, 6) is -1.47. The first kappa shape index (κ1) is 50.9. The van der Waals surface area contributed by atoms with Crippen molar-refractivity contribution < 1.29 is 14.3 Å². The van der Waals surface area contributed by atoms with Crippen LogP contribution < -0.4 is 5.73 Å². The molecular weight excluding hydrogens is 657 g/mol. The Bertz CT molecular complexity index is 842. The van der Waals surface area contributed by atoms with Crippen LogP contribution in [-0.4, -0.2) is 43.0 Å². The fourth-order valence-corrected chi connectivity index (χ4v) is 7.41. The molecule has 0 bridgehead atoms. The Labute approximate surface area is 328 Å². The van der Waals surface area contributed by atoms with E-state index in [1.807, 2.05) is 0 Å². The third-order valence-corrected chi connectivity index (χ3v) is 10.9. The Kier molecular flexibility index (Phi) is 39.4. The number of amides is 2. The number of rotatable bonds is 42. The lowest BCUT2D eigenvalue weighted by molar-refractivity contribution is -0.138. The second-order valence-electron chi connectivity index (χ2n) is 16.1. The van der Waals surface area contributed by atoms with E-state index in [-0.39, 0.29) is 31.0 Å². The number of carbonyl (C=O) groups excluding carboxylic acids is 2. The molecule has 7 heteroatoms. The Balaban J connectivity index is 4.27. The summed E-state index contributed by atoms with van der Waals surface area (Å²) < 4.78 is 5.22. The third-order valence-electron chi connectivity index (χ3n) is 10.9. The van der Waals surface area contributed by atoms with Crippen LogP contribution in [0, 0.1) is 34.5 Å². The van der Waals surface area contributed by atoms with Crippen molar-refractivity contribution in [2.24, 2.45) is 17.6 Å². The SMILES string of the molecule is CCCCCCCCCCCCCCCCCCC(C#N)CN(CC(C#N)CCCCCCCCCCCCCCCCCC)C(=O)COCC(N)=O. The summed E-state index contributed by atoms with van der Waals surface area (Å²) in [4.78, 5) is 25.9. The topological polar surface area (TPSA) is 120 Å². The lowest BCUT2D eigenvalue weighted by Crippen LogP contribution is -2.41. The smallest absolute Gasteiger partial charge is 0.248 e. The van der Waals surface area contributed by atoms with Crippen LogP contribution in [0.5, 0.6) is 0 Å². The number of unbranched alkanes of at least 4 members (excludes halogenated alkanes) is 30. The van der Waals surface area contributed by atoms with Crippen molar-refractivity contribution in [2.45, 2.75) is 232 Å². The molecular formula is C46H86N4O3. The molecule has 0 heterocycles. The third kappa shape index (κ3) is 36.6. The van der Waals surface area contributed by atoms with Gasteiger partial charge in [0.1, 0.15) is 13.2 Å². The lowest BCUT2D eigenvalue weighted by Gasteiger charge is -2.27. The summed E-state index contributed by atoms with van der Waals surface area (Å²) in [5, 5.41) is 19.9. The number of hydrogen-bond donors (Lipinski definition) is 1. The van der Waals surface area contributed by atoms with E-state index in [1.54, 1.807) is 4.90 Å². The van der Waals surface area contributed by atoms with Gasteiger partial charge in [-0.1, -0.05) is 219 Å². The number of nitriles is 2. The van der Waals surface area contributed by atoms with Crippen molar-refractivity contribution in [3.63, 3.8) is 0 Å². The first-order valence-electron chi connectivity index (χ1n) is 22.9. The monoisotopic (exact) mass is 743 g/mol. The van der Waals surface area contributed by atoms with Crippen LogP contribution in [-0.2, 0) is 14.3 Å². The molecule has 0 saturated carbocycles. The molecule has 2 atom stereocenters. The average molecular weight is 743 g/mol. The van der Waals surface area contributed by atoms with E-state index in [4.69, 9.17) is 10.5 Å². The number of carbonyl (C=O) groups is 2. The van der Waals surface area contributed by atoms with Crippen LogP contribution in [0.25, 0.3) is 0 Å². The van der Waals surface area contributed by atoms with Gasteiger partial charge in [-0.15, -0.1) is 0 Å². The van der Waals surface area contributed by atoms with Crippen LogP contribution in [0.3, 0.4) is 0 Å². The highest BCUT2D eigenvalue weighted by atomic mass is 16.5. The molecule has 0 aliphatic rings. The molecule has 0 aromatic rings. The van der Waals surface area contributed by atoms with Crippen molar-refractivity contribution in [1.82, 2.24) is 4.90 Å². The molecule has 7 nitrogen and oxygen atoms in total. The van der Waals surface area contributed by atoms with E-state index in [2.05, 4.69) is 26.0 Å². The second kappa shape index (κ2) is 41.1. The van der Waals surface area contributed by atoms with Gasteiger partial charge in [0, 0.05) is 13.1 Å². The zero-order valence-electron chi connectivity index (χ0n) is 35.2. The second-order valence-corrected chi connectivity index (χ2v) is 16.1. The number of primary amides is 1. The van der Waals surface area contributed by atoms with Gasteiger partial charge in [-0.2, -0.15) is 10.5 Å². The van der Waals surface area contributed by atoms with E-state index in [9.17, 15) is 20.1 Å². The zero-order valence-corrected chi connectivity index (χ0v) is 35.2. The summed E-state index contributed by atoms with van der Waals surface area (Å²) >= 11 is 0. The fraction of sp³-hybridized carbons (Fsp3) is 0.913. The van der Waals surface area contributed by atoms with Crippen LogP contribution in [0.2, 0.25) is 0 Å². The zero-order chi connectivity index (χ0) is 38.9. The molecule has 2 unspecified atom stereocenters. The Morgan fingerprint density at radius 3 is 0.981 bits per heavy atom. The average Bonchev–Trinajstić information content (AvgIpc) is 3.15. The van der Waals surface area contributed by atoms with E-state index in [1.165, 1.54) is 180 Å². The van der Waals surface area contributed by atoms with E-state index in [0.717, 1.165) is 38.5 Å². The summed E-state index contributed by atoms with van der Waals surface area (Å²) in [6, 6.07) is 4.83. The van der Waals surface area contributed by atoms with E-state index >= 15 is 0 Å². The van der Waals surface area contributed by atoms with Crippen LogP contribution >= 0.6 is 0 Å². The van der Waals surface area contributed by atoms with Crippen molar-refractivity contribution in [3.05, 3.63) is 0 Å². The Morgan fingerprint density at radius 1 is 0.472 bits per heavy atom. The molecule has 2 amide bonds. The first-order chi connectivity index (χ1) is 26.0. The predicted molar refractivity (Wildman–Crippen MR) is 223 cm³/mol. The number of hydrogen-bond acceptors (Lipinski definition) is 5. The Morgan fingerprint density at radius 2 is 0.736 bits per heavy atom. The minimum absolute atomic E-state index is 0.267. The maximum atomic E-state index is 13.1. The van der Waals surface area contributed by atoms with Gasteiger partial charge in [0.2, 0.25) is 11.8 Å². The molecule has 0 aromatic carbocycles. The molecule has 0 radical (unpaired) electrons. The van der Waals surface area contributed by atoms with Crippen molar-refractivity contribution >= 4 is 11.8 Å². The molecule has 308 valence electrons. The van der Waals surface area contributed by atoms with Gasteiger partial charge in [-0.3, -0.25) is 9.59 Å². The largest absolute Gasteiger partial charge is 0.368 e. The normalized spacial score (nSPS) is 12.3. The van der Waals surface area contributed by atoms with Gasteiger partial charge in [0.25, 0.3) is 0 Å². The first-order valence-corrected chi connectivity index (χ1v) is 22.9. The molecule has 0 spiro atoms. The van der Waals surface area contributed by atoms with Gasteiger partial charge in [0.15, 0.2) is 0 Å². The summed E-state index contributed by atoms with van der Waals surface area (Å²) in [7, 11) is 0. The minimum Gasteiger partial charge on any atom is -0.368 e. The minimum atomic E-state index is -0.624. The molecule has 0 saturated heterocycles. The van der Waals surface area contributed by atoms with Crippen LogP contribution in [0.1, 0.15) is 232 Å². The highest BCUT2D eigenvalue weighted by molar-refractivity contribution is 5.79. The summed E-state index contributed by atoms with van der Waals surface area (Å²) in [5.41, 5.74) is 5.19. The maximum Gasteiger partial charge on any atom is 0.248 e. The molecule has 0 fully saturated rings. The Hall–Kier alpha value is -2.12.